The molecule has 0 saturated heterocycles. The van der Waals surface area contributed by atoms with Crippen LogP contribution in [0.3, 0.4) is 0 Å². The van der Waals surface area contributed by atoms with Gasteiger partial charge < -0.3 is 0 Å². The van der Waals surface area contributed by atoms with E-state index in [4.69, 9.17) is 28.3 Å². The Balaban J connectivity index is 1.74. The summed E-state index contributed by atoms with van der Waals surface area (Å²) in [6.07, 6.45) is 3.28. The average molecular weight is 460 g/mol. The van der Waals surface area contributed by atoms with Gasteiger partial charge in [0.25, 0.3) is 0 Å². The number of aryl methyl sites for hydroxylation is 1. The normalized spacial score (nSPS) is 11.6. The van der Waals surface area contributed by atoms with Crippen molar-refractivity contribution in [3.63, 3.8) is 0 Å². The third kappa shape index (κ3) is 4.22. The lowest BCUT2D eigenvalue weighted by molar-refractivity contribution is 0.598. The number of imidazole rings is 1. The first-order chi connectivity index (χ1) is 14.2. The van der Waals surface area contributed by atoms with Gasteiger partial charge in [0.15, 0.2) is 0 Å². The van der Waals surface area contributed by atoms with Crippen LogP contribution in [0.2, 0.25) is 10.0 Å². The van der Waals surface area contributed by atoms with Crippen molar-refractivity contribution >= 4 is 33.2 Å². The van der Waals surface area contributed by atoms with Gasteiger partial charge in [-0.15, -0.1) is 0 Å². The summed E-state index contributed by atoms with van der Waals surface area (Å²) in [6.45, 7) is 1.86. The summed E-state index contributed by atoms with van der Waals surface area (Å²) in [5, 5.41) is 6.12. The Morgan fingerprint density at radius 1 is 0.933 bits per heavy atom. The van der Waals surface area contributed by atoms with Gasteiger partial charge in [-0.2, -0.15) is 0 Å². The number of nitrogens with zero attached hydrogens (tertiary/aromatic N) is 4. The molecule has 0 bridgehead atoms. The van der Waals surface area contributed by atoms with E-state index in [0.717, 1.165) is 11.3 Å². The molecule has 4 rings (SSSR count). The van der Waals surface area contributed by atoms with Gasteiger partial charge in [0.2, 0.25) is 16.0 Å². The summed E-state index contributed by atoms with van der Waals surface area (Å²) < 4.78 is 24.9. The maximum Gasteiger partial charge on any atom is 0.238 e. The molecule has 0 spiro atoms. The Morgan fingerprint density at radius 2 is 1.70 bits per heavy atom. The number of rotatable bonds is 4. The maximum atomic E-state index is 11.6. The summed E-state index contributed by atoms with van der Waals surface area (Å²) in [7, 11) is -3.81. The third-order valence-corrected chi connectivity index (χ3v) is 5.98. The molecular weight excluding hydrogens is 445 g/mol. The number of aromatic nitrogens is 4. The molecule has 0 fully saturated rings. The van der Waals surface area contributed by atoms with Crippen LogP contribution in [0.1, 0.15) is 5.69 Å². The van der Waals surface area contributed by atoms with Crippen molar-refractivity contribution < 1.29 is 8.42 Å². The van der Waals surface area contributed by atoms with Crippen molar-refractivity contribution in [2.45, 2.75) is 11.8 Å². The van der Waals surface area contributed by atoms with Crippen LogP contribution in [0.15, 0.2) is 66.0 Å². The molecule has 0 saturated carbocycles. The van der Waals surface area contributed by atoms with Gasteiger partial charge in [-0.3, -0.25) is 4.57 Å². The van der Waals surface area contributed by atoms with Crippen molar-refractivity contribution in [2.75, 3.05) is 0 Å². The van der Waals surface area contributed by atoms with E-state index in [9.17, 15) is 8.42 Å². The minimum Gasteiger partial charge on any atom is -0.274 e. The first-order valence-corrected chi connectivity index (χ1v) is 11.0. The highest BCUT2D eigenvalue weighted by molar-refractivity contribution is 7.89. The van der Waals surface area contributed by atoms with Crippen molar-refractivity contribution in [2.24, 2.45) is 5.14 Å². The largest absolute Gasteiger partial charge is 0.274 e. The molecule has 0 amide bonds. The van der Waals surface area contributed by atoms with Crippen LogP contribution in [-0.2, 0) is 10.0 Å². The van der Waals surface area contributed by atoms with Crippen LogP contribution in [0.4, 0.5) is 0 Å². The first kappa shape index (κ1) is 20.5. The summed E-state index contributed by atoms with van der Waals surface area (Å²) in [6, 6.07) is 13.4. The van der Waals surface area contributed by atoms with Gasteiger partial charge in [0.05, 0.1) is 26.3 Å². The lowest BCUT2D eigenvalue weighted by Gasteiger charge is -2.07. The zero-order valence-corrected chi connectivity index (χ0v) is 17.9. The molecule has 7 nitrogen and oxygen atoms in total. The molecule has 0 aliphatic carbocycles. The number of benzene rings is 2. The molecule has 10 heteroatoms. The van der Waals surface area contributed by atoms with E-state index in [1.54, 1.807) is 41.4 Å². The quantitative estimate of drug-likeness (QED) is 0.490. The monoisotopic (exact) mass is 459 g/mol. The lowest BCUT2D eigenvalue weighted by atomic mass is 10.1. The van der Waals surface area contributed by atoms with Crippen molar-refractivity contribution in [1.82, 2.24) is 19.5 Å². The minimum atomic E-state index is -3.81. The van der Waals surface area contributed by atoms with E-state index < -0.39 is 10.0 Å². The molecule has 0 aliphatic rings. The van der Waals surface area contributed by atoms with E-state index >= 15 is 0 Å². The first-order valence-electron chi connectivity index (χ1n) is 8.69. The third-order valence-electron chi connectivity index (χ3n) is 4.33. The minimum absolute atomic E-state index is 0.0169. The molecule has 0 aliphatic heterocycles. The average Bonchev–Trinajstić information content (AvgIpc) is 3.19. The van der Waals surface area contributed by atoms with Gasteiger partial charge in [-0.05, 0) is 37.3 Å². The van der Waals surface area contributed by atoms with Gasteiger partial charge in [0.1, 0.15) is 6.33 Å². The fourth-order valence-electron chi connectivity index (χ4n) is 2.89. The number of primary sulfonamides is 1. The van der Waals surface area contributed by atoms with E-state index in [1.807, 2.05) is 19.1 Å². The van der Waals surface area contributed by atoms with Crippen LogP contribution in [0, 0.1) is 6.92 Å². The molecule has 0 radical (unpaired) electrons. The summed E-state index contributed by atoms with van der Waals surface area (Å²) >= 11 is 12.1. The standard InChI is InChI=1S/C20H15Cl2N5O2S/c1-12-7-18(14-5-6-16(21)17(22)9-14)26-20(25-12)27-10-19(24-11-27)13-3-2-4-15(8-13)30(23,28)29/h2-11H,1H3,(H2,23,28,29). The number of sulfonamides is 1. The van der Waals surface area contributed by atoms with Crippen LogP contribution >= 0.6 is 23.2 Å². The van der Waals surface area contributed by atoms with Crippen LogP contribution in [0.5, 0.6) is 0 Å². The Kier molecular flexibility index (Phi) is 5.33. The molecule has 2 aromatic carbocycles. The summed E-state index contributed by atoms with van der Waals surface area (Å²) in [5.41, 5.74) is 3.41. The Hall–Kier alpha value is -2.78. The van der Waals surface area contributed by atoms with Gasteiger partial charge in [-0.25, -0.2) is 28.5 Å². The van der Waals surface area contributed by atoms with Crippen molar-refractivity contribution in [3.8, 4) is 28.5 Å². The van der Waals surface area contributed by atoms with E-state index in [0.29, 0.717) is 32.9 Å². The SMILES string of the molecule is Cc1cc(-c2ccc(Cl)c(Cl)c2)nc(-n2cnc(-c3cccc(S(N)(=O)=O)c3)c2)n1. The Bertz CT molecular complexity index is 1370. The van der Waals surface area contributed by atoms with Crippen LogP contribution < -0.4 is 5.14 Å². The number of halogens is 2. The van der Waals surface area contributed by atoms with Gasteiger partial charge in [-0.1, -0.05) is 41.4 Å². The second-order valence-electron chi connectivity index (χ2n) is 6.56. The topological polar surface area (TPSA) is 104 Å². The van der Waals surface area contributed by atoms with Crippen molar-refractivity contribution in [1.29, 1.82) is 0 Å². The number of nitrogens with two attached hydrogens (primary N) is 1. The molecule has 0 atom stereocenters. The van der Waals surface area contributed by atoms with Gasteiger partial charge >= 0.3 is 0 Å². The highest BCUT2D eigenvalue weighted by Gasteiger charge is 2.13. The fourth-order valence-corrected chi connectivity index (χ4v) is 3.74. The van der Waals surface area contributed by atoms with E-state index in [1.165, 1.54) is 12.1 Å². The maximum absolute atomic E-state index is 11.6. The predicted octanol–water partition coefficient (Wildman–Crippen LogP) is 4.26. The molecule has 152 valence electrons. The number of hydrogen-bond donors (Lipinski definition) is 1. The number of hydrogen-bond acceptors (Lipinski definition) is 5. The van der Waals surface area contributed by atoms with E-state index in [-0.39, 0.29) is 4.90 Å². The predicted molar refractivity (Wildman–Crippen MR) is 116 cm³/mol. The second-order valence-corrected chi connectivity index (χ2v) is 8.94. The van der Waals surface area contributed by atoms with Gasteiger partial charge in [0, 0.05) is 23.0 Å². The summed E-state index contributed by atoms with van der Waals surface area (Å²) in [4.78, 5) is 13.4. The Morgan fingerprint density at radius 3 is 2.43 bits per heavy atom. The molecule has 2 aromatic heterocycles. The smallest absolute Gasteiger partial charge is 0.238 e. The zero-order chi connectivity index (χ0) is 21.5. The fraction of sp³-hybridized carbons (Fsp3) is 0.0500. The molecule has 4 aromatic rings. The molecule has 2 heterocycles. The zero-order valence-electron chi connectivity index (χ0n) is 15.6. The van der Waals surface area contributed by atoms with Crippen molar-refractivity contribution in [3.05, 3.63) is 76.8 Å². The highest BCUT2D eigenvalue weighted by atomic mass is 35.5. The molecular formula is C20H15Cl2N5O2S. The highest BCUT2D eigenvalue weighted by Crippen LogP contribution is 2.28. The Labute approximate surface area is 183 Å². The molecule has 2 N–H and O–H groups in total. The van der Waals surface area contributed by atoms with Crippen LogP contribution in [-0.4, -0.2) is 27.9 Å². The van der Waals surface area contributed by atoms with Crippen LogP contribution in [0.25, 0.3) is 28.5 Å². The second kappa shape index (κ2) is 7.81. The lowest BCUT2D eigenvalue weighted by Crippen LogP contribution is -2.11. The van der Waals surface area contributed by atoms with E-state index in [2.05, 4.69) is 15.0 Å². The molecule has 0 unspecified atom stereocenters. The molecule has 30 heavy (non-hydrogen) atoms. The summed E-state index contributed by atoms with van der Waals surface area (Å²) in [5.74, 6) is 0.414.